The van der Waals surface area contributed by atoms with Crippen LogP contribution in [0.2, 0.25) is 0 Å². The summed E-state index contributed by atoms with van der Waals surface area (Å²) in [5.74, 6) is 0.570. The number of rotatable bonds is 5. The second-order valence-corrected chi connectivity index (χ2v) is 6.12. The van der Waals surface area contributed by atoms with Crippen molar-refractivity contribution in [1.29, 1.82) is 0 Å². The van der Waals surface area contributed by atoms with Gasteiger partial charge in [0.2, 0.25) is 5.91 Å². The number of thiophene rings is 1. The zero-order chi connectivity index (χ0) is 15.5. The van der Waals surface area contributed by atoms with Crippen molar-refractivity contribution in [2.24, 2.45) is 0 Å². The van der Waals surface area contributed by atoms with Crippen molar-refractivity contribution in [1.82, 2.24) is 24.9 Å². The first kappa shape index (κ1) is 14.6. The molecule has 1 amide bonds. The van der Waals surface area contributed by atoms with E-state index < -0.39 is 0 Å². The molecule has 0 aromatic carbocycles. The molecule has 3 heterocycles. The minimum absolute atomic E-state index is 0.00372. The summed E-state index contributed by atoms with van der Waals surface area (Å²) in [7, 11) is 0. The Kier molecular flexibility index (Phi) is 4.15. The zero-order valence-electron chi connectivity index (χ0n) is 12.5. The van der Waals surface area contributed by atoms with Crippen molar-refractivity contribution in [3.63, 3.8) is 0 Å². The Labute approximate surface area is 132 Å². The van der Waals surface area contributed by atoms with Gasteiger partial charge in [-0.15, -0.1) is 11.3 Å². The lowest BCUT2D eigenvalue weighted by atomic mass is 10.1. The summed E-state index contributed by atoms with van der Waals surface area (Å²) in [6.45, 7) is 4.48. The van der Waals surface area contributed by atoms with E-state index in [0.29, 0.717) is 18.7 Å². The van der Waals surface area contributed by atoms with Crippen molar-refractivity contribution < 1.29 is 4.79 Å². The normalized spacial score (nSPS) is 11.0. The molecule has 22 heavy (non-hydrogen) atoms. The van der Waals surface area contributed by atoms with Gasteiger partial charge >= 0.3 is 0 Å². The Balaban J connectivity index is 1.66. The standard InChI is InChI=1S/C15H17N5OS/c1-10-13(11(2)20-15(19-10)17-9-18-20)8-14(21)16-6-5-12-4-3-7-22-12/h3-4,7,9H,5-6,8H2,1-2H3,(H,16,21). The maximum absolute atomic E-state index is 12.1. The summed E-state index contributed by atoms with van der Waals surface area (Å²) >= 11 is 1.71. The third kappa shape index (κ3) is 2.99. The highest BCUT2D eigenvalue weighted by molar-refractivity contribution is 7.09. The lowest BCUT2D eigenvalue weighted by Gasteiger charge is -2.10. The predicted molar refractivity (Wildman–Crippen MR) is 85.0 cm³/mol. The van der Waals surface area contributed by atoms with Crippen molar-refractivity contribution in [2.75, 3.05) is 6.54 Å². The minimum Gasteiger partial charge on any atom is -0.355 e. The van der Waals surface area contributed by atoms with Crippen LogP contribution < -0.4 is 5.32 Å². The van der Waals surface area contributed by atoms with Crippen LogP contribution in [0.1, 0.15) is 21.8 Å². The molecule has 6 nitrogen and oxygen atoms in total. The number of nitrogens with zero attached hydrogens (tertiary/aromatic N) is 4. The highest BCUT2D eigenvalue weighted by Crippen LogP contribution is 2.13. The number of aromatic nitrogens is 4. The quantitative estimate of drug-likeness (QED) is 0.778. The van der Waals surface area contributed by atoms with Gasteiger partial charge in [0.25, 0.3) is 5.78 Å². The summed E-state index contributed by atoms with van der Waals surface area (Å²) in [6, 6.07) is 4.10. The van der Waals surface area contributed by atoms with E-state index >= 15 is 0 Å². The summed E-state index contributed by atoms with van der Waals surface area (Å²) < 4.78 is 1.67. The summed E-state index contributed by atoms with van der Waals surface area (Å²) in [5, 5.41) is 9.14. The van der Waals surface area contributed by atoms with Crippen LogP contribution in [0, 0.1) is 13.8 Å². The van der Waals surface area contributed by atoms with Gasteiger partial charge in [0.15, 0.2) is 0 Å². The molecule has 114 valence electrons. The molecule has 0 saturated heterocycles. The molecule has 3 rings (SSSR count). The molecule has 0 fully saturated rings. The minimum atomic E-state index is 0.00372. The monoisotopic (exact) mass is 315 g/mol. The fourth-order valence-corrected chi connectivity index (χ4v) is 3.12. The van der Waals surface area contributed by atoms with Gasteiger partial charge in [-0.1, -0.05) is 6.07 Å². The Bertz CT molecular complexity index is 794. The number of hydrogen-bond donors (Lipinski definition) is 1. The van der Waals surface area contributed by atoms with Crippen molar-refractivity contribution in [2.45, 2.75) is 26.7 Å². The predicted octanol–water partition coefficient (Wildman–Crippen LogP) is 1.70. The Hall–Kier alpha value is -2.28. The van der Waals surface area contributed by atoms with Crippen molar-refractivity contribution >= 4 is 23.0 Å². The summed E-state index contributed by atoms with van der Waals surface area (Å²) in [4.78, 5) is 21.9. The molecule has 0 saturated carbocycles. The molecule has 3 aromatic heterocycles. The van der Waals surface area contributed by atoms with Crippen LogP contribution in [0.5, 0.6) is 0 Å². The summed E-state index contributed by atoms with van der Waals surface area (Å²) in [5.41, 5.74) is 2.64. The number of hydrogen-bond acceptors (Lipinski definition) is 5. The van der Waals surface area contributed by atoms with E-state index in [1.807, 2.05) is 25.3 Å². The van der Waals surface area contributed by atoms with E-state index in [4.69, 9.17) is 0 Å². The van der Waals surface area contributed by atoms with Gasteiger partial charge in [0.05, 0.1) is 6.42 Å². The van der Waals surface area contributed by atoms with E-state index in [0.717, 1.165) is 23.4 Å². The first-order chi connectivity index (χ1) is 10.6. The van der Waals surface area contributed by atoms with E-state index in [2.05, 4.69) is 26.4 Å². The Morgan fingerprint density at radius 1 is 1.41 bits per heavy atom. The number of carbonyl (C=O) groups excluding carboxylic acids is 1. The molecular weight excluding hydrogens is 298 g/mol. The van der Waals surface area contributed by atoms with Crippen LogP contribution >= 0.6 is 11.3 Å². The fraction of sp³-hybridized carbons (Fsp3) is 0.333. The van der Waals surface area contributed by atoms with Gasteiger partial charge < -0.3 is 5.32 Å². The number of nitrogens with one attached hydrogen (secondary N) is 1. The lowest BCUT2D eigenvalue weighted by molar-refractivity contribution is -0.120. The molecule has 0 aliphatic heterocycles. The van der Waals surface area contributed by atoms with Crippen LogP contribution in [-0.4, -0.2) is 32.0 Å². The number of fused-ring (bicyclic) bond motifs is 1. The highest BCUT2D eigenvalue weighted by Gasteiger charge is 2.14. The highest BCUT2D eigenvalue weighted by atomic mass is 32.1. The van der Waals surface area contributed by atoms with Crippen molar-refractivity contribution in [3.8, 4) is 0 Å². The largest absolute Gasteiger partial charge is 0.355 e. The van der Waals surface area contributed by atoms with Crippen LogP contribution in [-0.2, 0) is 17.6 Å². The van der Waals surface area contributed by atoms with E-state index in [1.165, 1.54) is 11.2 Å². The van der Waals surface area contributed by atoms with E-state index in [1.54, 1.807) is 15.9 Å². The first-order valence-electron chi connectivity index (χ1n) is 7.10. The van der Waals surface area contributed by atoms with E-state index in [-0.39, 0.29) is 5.91 Å². The second-order valence-electron chi connectivity index (χ2n) is 5.09. The average Bonchev–Trinajstić information content (AvgIpc) is 3.14. The van der Waals surface area contributed by atoms with Gasteiger partial charge in [-0.25, -0.2) is 9.50 Å². The van der Waals surface area contributed by atoms with Gasteiger partial charge in [0.1, 0.15) is 6.33 Å². The van der Waals surface area contributed by atoms with Crippen molar-refractivity contribution in [3.05, 3.63) is 45.7 Å². The molecule has 0 atom stereocenters. The van der Waals surface area contributed by atoms with Gasteiger partial charge in [-0.05, 0) is 31.7 Å². The van der Waals surface area contributed by atoms with Gasteiger partial charge in [-0.2, -0.15) is 10.1 Å². The zero-order valence-corrected chi connectivity index (χ0v) is 13.4. The molecule has 0 bridgehead atoms. The number of amides is 1. The van der Waals surface area contributed by atoms with Crippen LogP contribution in [0.3, 0.4) is 0 Å². The maximum atomic E-state index is 12.1. The molecule has 0 spiro atoms. The molecule has 0 aliphatic rings. The third-order valence-corrected chi connectivity index (χ3v) is 4.54. The average molecular weight is 315 g/mol. The Morgan fingerprint density at radius 2 is 2.27 bits per heavy atom. The molecule has 7 heteroatoms. The maximum Gasteiger partial charge on any atom is 0.252 e. The molecular formula is C15H17N5OS. The number of carbonyl (C=O) groups is 1. The molecule has 3 aromatic rings. The van der Waals surface area contributed by atoms with Crippen LogP contribution in [0.4, 0.5) is 0 Å². The van der Waals surface area contributed by atoms with Gasteiger partial charge in [-0.3, -0.25) is 4.79 Å². The first-order valence-corrected chi connectivity index (χ1v) is 7.98. The summed E-state index contributed by atoms with van der Waals surface area (Å²) in [6.07, 6.45) is 2.65. The fourth-order valence-electron chi connectivity index (χ4n) is 2.41. The smallest absolute Gasteiger partial charge is 0.252 e. The SMILES string of the molecule is Cc1nc2ncnn2c(C)c1CC(=O)NCCc1cccs1. The molecule has 1 N–H and O–H groups in total. The van der Waals surface area contributed by atoms with Crippen LogP contribution in [0.25, 0.3) is 5.78 Å². The van der Waals surface area contributed by atoms with E-state index in [9.17, 15) is 4.79 Å². The lowest BCUT2D eigenvalue weighted by Crippen LogP contribution is -2.28. The van der Waals surface area contributed by atoms with Crippen LogP contribution in [0.15, 0.2) is 23.8 Å². The molecule has 0 radical (unpaired) electrons. The third-order valence-electron chi connectivity index (χ3n) is 3.60. The van der Waals surface area contributed by atoms with Gasteiger partial charge in [0, 0.05) is 28.4 Å². The topological polar surface area (TPSA) is 72.2 Å². The Morgan fingerprint density at radius 3 is 3.05 bits per heavy atom. The second kappa shape index (κ2) is 6.23. The number of aryl methyl sites for hydroxylation is 2. The molecule has 0 aliphatic carbocycles. The molecule has 0 unspecified atom stereocenters.